The summed E-state index contributed by atoms with van der Waals surface area (Å²) in [6.07, 6.45) is 1.65. The van der Waals surface area contributed by atoms with Gasteiger partial charge in [-0.05, 0) is 47.9 Å². The van der Waals surface area contributed by atoms with E-state index in [0.717, 1.165) is 29.4 Å². The molecule has 5 aromatic rings. The molecule has 1 atom stereocenters. The van der Waals surface area contributed by atoms with Crippen molar-refractivity contribution in [1.82, 2.24) is 15.3 Å². The molecule has 0 radical (unpaired) electrons. The van der Waals surface area contributed by atoms with Gasteiger partial charge in [-0.2, -0.15) is 0 Å². The topological polar surface area (TPSA) is 95.1 Å². The number of aromatic amines is 1. The highest BCUT2D eigenvalue weighted by molar-refractivity contribution is 6.34. The van der Waals surface area contributed by atoms with Crippen LogP contribution in [0.1, 0.15) is 52.1 Å². The van der Waals surface area contributed by atoms with Gasteiger partial charge < -0.3 is 15.4 Å². The van der Waals surface area contributed by atoms with E-state index in [9.17, 15) is 14.7 Å². The molecule has 0 unspecified atom stereocenters. The lowest BCUT2D eigenvalue weighted by Gasteiger charge is -2.19. The summed E-state index contributed by atoms with van der Waals surface area (Å²) in [6.45, 7) is 2.06. The zero-order valence-corrected chi connectivity index (χ0v) is 21.5. The van der Waals surface area contributed by atoms with E-state index < -0.39 is 5.97 Å². The normalized spacial score (nSPS) is 11.8. The summed E-state index contributed by atoms with van der Waals surface area (Å²) in [5.41, 5.74) is 4.51. The van der Waals surface area contributed by atoms with Gasteiger partial charge in [-0.25, -0.2) is 9.78 Å². The summed E-state index contributed by atoms with van der Waals surface area (Å²) in [5, 5.41) is 13.6. The van der Waals surface area contributed by atoms with E-state index in [-0.39, 0.29) is 23.1 Å². The number of carbonyl (C=O) groups is 2. The van der Waals surface area contributed by atoms with Gasteiger partial charge in [0.1, 0.15) is 5.82 Å². The average molecular weight is 524 g/mol. The Morgan fingerprint density at radius 3 is 2.45 bits per heavy atom. The van der Waals surface area contributed by atoms with Crippen LogP contribution in [0.3, 0.4) is 0 Å². The Balaban J connectivity index is 1.55. The van der Waals surface area contributed by atoms with Gasteiger partial charge in [0.05, 0.1) is 22.6 Å². The smallest absolute Gasteiger partial charge is 0.336 e. The molecule has 0 saturated carbocycles. The van der Waals surface area contributed by atoms with Crippen LogP contribution >= 0.6 is 11.6 Å². The van der Waals surface area contributed by atoms with Crippen molar-refractivity contribution >= 4 is 34.5 Å². The monoisotopic (exact) mass is 523 g/mol. The fraction of sp³-hybridized carbons (Fsp3) is 0.129. The maximum Gasteiger partial charge on any atom is 0.336 e. The summed E-state index contributed by atoms with van der Waals surface area (Å²) < 4.78 is 0. The van der Waals surface area contributed by atoms with Crippen molar-refractivity contribution < 1.29 is 14.7 Å². The minimum absolute atomic E-state index is 0.0186. The molecular formula is C31H26ClN3O3. The molecule has 3 N–H and O–H groups in total. The lowest BCUT2D eigenvalue weighted by atomic mass is 9.93. The first kappa shape index (κ1) is 25.2. The van der Waals surface area contributed by atoms with E-state index in [1.54, 1.807) is 24.3 Å². The number of aromatic carboxylic acids is 1. The lowest BCUT2D eigenvalue weighted by Crippen LogP contribution is -2.28. The van der Waals surface area contributed by atoms with E-state index >= 15 is 0 Å². The number of H-pyrrole nitrogens is 1. The van der Waals surface area contributed by atoms with Crippen LogP contribution in [0.2, 0.25) is 5.02 Å². The number of fused-ring (bicyclic) bond motifs is 1. The molecule has 5 rings (SSSR count). The van der Waals surface area contributed by atoms with E-state index in [4.69, 9.17) is 11.6 Å². The first-order valence-electron chi connectivity index (χ1n) is 12.4. The number of amides is 1. The minimum Gasteiger partial charge on any atom is -0.478 e. The lowest BCUT2D eigenvalue weighted by molar-refractivity contribution is 0.0697. The summed E-state index contributed by atoms with van der Waals surface area (Å²) in [5.74, 6) is -0.913. The first-order chi connectivity index (χ1) is 18.5. The van der Waals surface area contributed by atoms with Gasteiger partial charge in [0.2, 0.25) is 0 Å². The molecule has 0 spiro atoms. The second kappa shape index (κ2) is 10.9. The van der Waals surface area contributed by atoms with Crippen LogP contribution in [0.25, 0.3) is 33.5 Å². The van der Waals surface area contributed by atoms with Crippen LogP contribution in [-0.4, -0.2) is 27.0 Å². The van der Waals surface area contributed by atoms with E-state index in [1.165, 1.54) is 6.07 Å². The fourth-order valence-corrected chi connectivity index (χ4v) is 4.97. The fourth-order valence-electron chi connectivity index (χ4n) is 4.69. The van der Waals surface area contributed by atoms with Crippen molar-refractivity contribution in [2.24, 2.45) is 0 Å². The Morgan fingerprint density at radius 2 is 1.71 bits per heavy atom. The number of nitrogens with one attached hydrogen (secondary N) is 2. The third kappa shape index (κ3) is 5.04. The van der Waals surface area contributed by atoms with Gasteiger partial charge in [0.25, 0.3) is 5.91 Å². The second-order valence-corrected chi connectivity index (χ2v) is 9.46. The van der Waals surface area contributed by atoms with E-state index in [1.807, 2.05) is 60.7 Å². The predicted octanol–water partition coefficient (Wildman–Crippen LogP) is 7.52. The molecule has 0 fully saturated rings. The average Bonchev–Trinajstić information content (AvgIpc) is 3.37. The Labute approximate surface area is 225 Å². The van der Waals surface area contributed by atoms with Crippen molar-refractivity contribution in [2.45, 2.75) is 25.8 Å². The van der Waals surface area contributed by atoms with Crippen LogP contribution in [0, 0.1) is 0 Å². The number of halogens is 1. The number of imidazole rings is 1. The molecule has 0 bridgehead atoms. The van der Waals surface area contributed by atoms with Crippen LogP contribution in [0.4, 0.5) is 0 Å². The maximum absolute atomic E-state index is 13.2. The summed E-state index contributed by atoms with van der Waals surface area (Å²) in [6, 6.07) is 27.3. The largest absolute Gasteiger partial charge is 0.478 e. The van der Waals surface area contributed by atoms with Crippen LogP contribution in [0.15, 0.2) is 91.0 Å². The number of nitrogens with zero attached hydrogens (tertiary/aromatic N) is 1. The Bertz CT molecular complexity index is 1600. The predicted molar refractivity (Wildman–Crippen MR) is 150 cm³/mol. The number of para-hydroxylation sites is 2. The Morgan fingerprint density at radius 1 is 0.947 bits per heavy atom. The van der Waals surface area contributed by atoms with Crippen molar-refractivity contribution in [3.8, 4) is 22.5 Å². The van der Waals surface area contributed by atoms with Crippen molar-refractivity contribution in [3.05, 3.63) is 113 Å². The quantitative estimate of drug-likeness (QED) is 0.196. The molecule has 0 aliphatic rings. The van der Waals surface area contributed by atoms with Gasteiger partial charge in [0, 0.05) is 21.7 Å². The molecule has 1 heterocycles. The summed E-state index contributed by atoms with van der Waals surface area (Å²) in [7, 11) is 0. The van der Waals surface area contributed by atoms with Crippen LogP contribution in [-0.2, 0) is 0 Å². The summed E-state index contributed by atoms with van der Waals surface area (Å²) >= 11 is 6.65. The van der Waals surface area contributed by atoms with Crippen LogP contribution < -0.4 is 5.32 Å². The molecular weight excluding hydrogens is 498 g/mol. The highest BCUT2D eigenvalue weighted by Crippen LogP contribution is 2.39. The first-order valence-corrected chi connectivity index (χ1v) is 12.8. The number of aromatic nitrogens is 2. The Hall–Kier alpha value is -4.42. The second-order valence-electron chi connectivity index (χ2n) is 9.06. The molecule has 6 nitrogen and oxygen atoms in total. The van der Waals surface area contributed by atoms with Crippen LogP contribution in [0.5, 0.6) is 0 Å². The molecule has 0 saturated heterocycles. The van der Waals surface area contributed by atoms with Crippen molar-refractivity contribution in [2.75, 3.05) is 0 Å². The van der Waals surface area contributed by atoms with Gasteiger partial charge in [-0.1, -0.05) is 85.6 Å². The van der Waals surface area contributed by atoms with Crippen molar-refractivity contribution in [1.29, 1.82) is 0 Å². The van der Waals surface area contributed by atoms with Gasteiger partial charge in [-0.3, -0.25) is 4.79 Å². The highest BCUT2D eigenvalue weighted by atomic mass is 35.5. The van der Waals surface area contributed by atoms with Crippen molar-refractivity contribution in [3.63, 3.8) is 0 Å². The van der Waals surface area contributed by atoms with E-state index in [0.29, 0.717) is 27.5 Å². The molecule has 0 aliphatic heterocycles. The van der Waals surface area contributed by atoms with Gasteiger partial charge in [0.15, 0.2) is 0 Å². The minimum atomic E-state index is -1.15. The van der Waals surface area contributed by atoms with Gasteiger partial charge in [-0.15, -0.1) is 0 Å². The molecule has 4 aromatic carbocycles. The standard InChI is InChI=1S/C31H26ClN3O3/c1-2-9-25(19-10-4-3-5-11-19)35-30(36)20-16-17-21(23(18-20)31(37)38)28-22(12-8-13-24(28)32)29-33-26-14-6-7-15-27(26)34-29/h3-8,10-18,25H,2,9H2,1H3,(H,33,34)(H,35,36)(H,37,38)/t25-/m1/s1. The highest BCUT2D eigenvalue weighted by Gasteiger charge is 2.22. The Kier molecular flexibility index (Phi) is 7.24. The number of carbonyl (C=O) groups excluding carboxylic acids is 1. The zero-order chi connectivity index (χ0) is 26.6. The van der Waals surface area contributed by atoms with Gasteiger partial charge >= 0.3 is 5.97 Å². The number of hydrogen-bond donors (Lipinski definition) is 3. The molecule has 7 heteroatoms. The molecule has 38 heavy (non-hydrogen) atoms. The van der Waals surface area contributed by atoms with E-state index in [2.05, 4.69) is 22.2 Å². The zero-order valence-electron chi connectivity index (χ0n) is 20.7. The number of carboxylic acid groups (broad SMARTS) is 1. The molecule has 0 aliphatic carbocycles. The maximum atomic E-state index is 13.2. The third-order valence-corrected chi connectivity index (χ3v) is 6.84. The number of hydrogen-bond acceptors (Lipinski definition) is 3. The number of benzene rings is 4. The number of rotatable bonds is 8. The number of carboxylic acids is 1. The molecule has 1 amide bonds. The molecule has 1 aromatic heterocycles. The third-order valence-electron chi connectivity index (χ3n) is 6.52. The summed E-state index contributed by atoms with van der Waals surface area (Å²) in [4.78, 5) is 33.6. The SMILES string of the molecule is CCC[C@@H](NC(=O)c1ccc(-c2c(Cl)cccc2-c2nc3ccccc3[nH]2)c(C(=O)O)c1)c1ccccc1. The molecule has 190 valence electrons.